The standard InChI is InChI=1S/C13H16O3/c14-10-12(11-6-2-1-3-7-11)16-13-8-4-5-9-15-13/h1-3,6-7,10,12-13H,4-5,8-9H2. The molecule has 2 unspecified atom stereocenters. The monoisotopic (exact) mass is 220 g/mol. The Bertz CT molecular complexity index is 317. The fourth-order valence-electron chi connectivity index (χ4n) is 1.81. The van der Waals surface area contributed by atoms with Crippen LogP contribution in [0.4, 0.5) is 0 Å². The van der Waals surface area contributed by atoms with E-state index in [1.165, 1.54) is 0 Å². The second kappa shape index (κ2) is 5.77. The normalized spacial score (nSPS) is 22.6. The summed E-state index contributed by atoms with van der Waals surface area (Å²) in [6.07, 6.45) is 3.14. The highest BCUT2D eigenvalue weighted by Gasteiger charge is 2.20. The third-order valence-corrected chi connectivity index (χ3v) is 2.69. The van der Waals surface area contributed by atoms with Gasteiger partial charge in [-0.15, -0.1) is 0 Å². The fraction of sp³-hybridized carbons (Fsp3) is 0.462. The molecule has 1 aromatic rings. The average Bonchev–Trinajstić information content (AvgIpc) is 2.38. The van der Waals surface area contributed by atoms with Crippen LogP contribution in [-0.2, 0) is 14.3 Å². The number of carbonyl (C=O) groups excluding carboxylic acids is 1. The van der Waals surface area contributed by atoms with Crippen LogP contribution >= 0.6 is 0 Å². The van der Waals surface area contributed by atoms with Crippen LogP contribution in [0.5, 0.6) is 0 Å². The lowest BCUT2D eigenvalue weighted by Gasteiger charge is -2.25. The molecule has 1 fully saturated rings. The van der Waals surface area contributed by atoms with E-state index in [1.54, 1.807) is 0 Å². The first-order chi connectivity index (χ1) is 7.90. The van der Waals surface area contributed by atoms with Gasteiger partial charge in [0.2, 0.25) is 0 Å². The summed E-state index contributed by atoms with van der Waals surface area (Å²) in [5.41, 5.74) is 0.881. The molecule has 16 heavy (non-hydrogen) atoms. The van der Waals surface area contributed by atoms with Gasteiger partial charge in [-0.3, -0.25) is 0 Å². The van der Waals surface area contributed by atoms with Crippen LogP contribution in [0.15, 0.2) is 30.3 Å². The number of rotatable bonds is 4. The number of ether oxygens (including phenoxy) is 2. The molecule has 1 aliphatic rings. The first-order valence-electron chi connectivity index (χ1n) is 5.67. The molecule has 0 N–H and O–H groups in total. The zero-order chi connectivity index (χ0) is 11.2. The predicted molar refractivity (Wildman–Crippen MR) is 59.9 cm³/mol. The Kier molecular flexibility index (Phi) is 4.08. The number of benzene rings is 1. The van der Waals surface area contributed by atoms with E-state index in [4.69, 9.17) is 9.47 Å². The summed E-state index contributed by atoms with van der Waals surface area (Å²) in [6, 6.07) is 9.50. The predicted octanol–water partition coefficient (Wildman–Crippen LogP) is 2.47. The minimum atomic E-state index is -0.510. The molecule has 2 rings (SSSR count). The molecule has 1 aliphatic heterocycles. The maximum atomic E-state index is 11.0. The van der Waals surface area contributed by atoms with Crippen molar-refractivity contribution in [3.63, 3.8) is 0 Å². The van der Waals surface area contributed by atoms with Gasteiger partial charge in [-0.25, -0.2) is 0 Å². The maximum absolute atomic E-state index is 11.0. The molecule has 0 spiro atoms. The van der Waals surface area contributed by atoms with Crippen molar-refractivity contribution in [2.75, 3.05) is 6.61 Å². The van der Waals surface area contributed by atoms with Crippen molar-refractivity contribution in [3.8, 4) is 0 Å². The van der Waals surface area contributed by atoms with Crippen molar-refractivity contribution in [3.05, 3.63) is 35.9 Å². The molecule has 0 amide bonds. The van der Waals surface area contributed by atoms with Crippen molar-refractivity contribution >= 4 is 6.29 Å². The lowest BCUT2D eigenvalue weighted by molar-refractivity contribution is -0.188. The van der Waals surface area contributed by atoms with Gasteiger partial charge in [0.05, 0.1) is 0 Å². The minimum Gasteiger partial charge on any atom is -0.353 e. The summed E-state index contributed by atoms with van der Waals surface area (Å²) >= 11 is 0. The molecule has 2 atom stereocenters. The molecular weight excluding hydrogens is 204 g/mol. The quantitative estimate of drug-likeness (QED) is 0.731. The average molecular weight is 220 g/mol. The molecule has 1 saturated heterocycles. The largest absolute Gasteiger partial charge is 0.353 e. The topological polar surface area (TPSA) is 35.5 Å². The van der Waals surface area contributed by atoms with Gasteiger partial charge in [-0.1, -0.05) is 30.3 Å². The van der Waals surface area contributed by atoms with Crippen molar-refractivity contribution in [2.24, 2.45) is 0 Å². The molecule has 0 aliphatic carbocycles. The van der Waals surface area contributed by atoms with E-state index in [0.29, 0.717) is 0 Å². The number of hydrogen-bond donors (Lipinski definition) is 0. The smallest absolute Gasteiger partial charge is 0.159 e. The lowest BCUT2D eigenvalue weighted by Crippen LogP contribution is -2.25. The number of aldehydes is 1. The third-order valence-electron chi connectivity index (χ3n) is 2.69. The van der Waals surface area contributed by atoms with E-state index >= 15 is 0 Å². The zero-order valence-corrected chi connectivity index (χ0v) is 9.17. The summed E-state index contributed by atoms with van der Waals surface area (Å²) in [6.45, 7) is 0.727. The molecule has 0 aromatic heterocycles. The van der Waals surface area contributed by atoms with Crippen LogP contribution in [0.2, 0.25) is 0 Å². The van der Waals surface area contributed by atoms with E-state index in [-0.39, 0.29) is 6.29 Å². The molecule has 86 valence electrons. The SMILES string of the molecule is O=CC(OC1CCCCO1)c1ccccc1. The highest BCUT2D eigenvalue weighted by molar-refractivity contribution is 5.59. The molecule has 1 heterocycles. The van der Waals surface area contributed by atoms with Crippen LogP contribution in [0, 0.1) is 0 Å². The molecule has 3 nitrogen and oxygen atoms in total. The van der Waals surface area contributed by atoms with Gasteiger partial charge in [-0.2, -0.15) is 0 Å². The summed E-state index contributed by atoms with van der Waals surface area (Å²) < 4.78 is 11.1. The molecular formula is C13H16O3. The first kappa shape index (κ1) is 11.3. The highest BCUT2D eigenvalue weighted by Crippen LogP contribution is 2.22. The van der Waals surface area contributed by atoms with E-state index in [9.17, 15) is 4.79 Å². The van der Waals surface area contributed by atoms with Crippen molar-refractivity contribution in [2.45, 2.75) is 31.7 Å². The summed E-state index contributed by atoms with van der Waals surface area (Å²) in [5.74, 6) is 0. The number of carbonyl (C=O) groups is 1. The second-order valence-electron chi connectivity index (χ2n) is 3.90. The number of hydrogen-bond acceptors (Lipinski definition) is 3. The molecule has 0 bridgehead atoms. The Morgan fingerprint density at radius 3 is 2.75 bits per heavy atom. The van der Waals surface area contributed by atoms with Crippen molar-refractivity contribution in [1.82, 2.24) is 0 Å². The van der Waals surface area contributed by atoms with Crippen LogP contribution in [0.25, 0.3) is 0 Å². The summed E-state index contributed by atoms with van der Waals surface area (Å²) in [7, 11) is 0. The molecule has 1 aromatic carbocycles. The Labute approximate surface area is 95.4 Å². The van der Waals surface area contributed by atoms with Gasteiger partial charge in [0.15, 0.2) is 12.6 Å². The summed E-state index contributed by atoms with van der Waals surface area (Å²) in [5, 5.41) is 0. The van der Waals surface area contributed by atoms with Gasteiger partial charge in [0.1, 0.15) is 6.10 Å². The van der Waals surface area contributed by atoms with Gasteiger partial charge < -0.3 is 14.3 Å². The van der Waals surface area contributed by atoms with Gasteiger partial charge in [-0.05, 0) is 24.8 Å². The van der Waals surface area contributed by atoms with Gasteiger partial charge in [0, 0.05) is 6.61 Å². The Morgan fingerprint density at radius 1 is 1.31 bits per heavy atom. The van der Waals surface area contributed by atoms with E-state index in [1.807, 2.05) is 30.3 Å². The van der Waals surface area contributed by atoms with Crippen LogP contribution < -0.4 is 0 Å². The first-order valence-corrected chi connectivity index (χ1v) is 5.67. The van der Waals surface area contributed by atoms with Gasteiger partial charge >= 0.3 is 0 Å². The third kappa shape index (κ3) is 2.90. The van der Waals surface area contributed by atoms with Crippen molar-refractivity contribution < 1.29 is 14.3 Å². The summed E-state index contributed by atoms with van der Waals surface area (Å²) in [4.78, 5) is 11.0. The Balaban J connectivity index is 1.97. The van der Waals surface area contributed by atoms with E-state index in [0.717, 1.165) is 37.7 Å². The minimum absolute atomic E-state index is 0.232. The van der Waals surface area contributed by atoms with Crippen LogP contribution in [-0.4, -0.2) is 19.2 Å². The molecule has 0 radical (unpaired) electrons. The maximum Gasteiger partial charge on any atom is 0.159 e. The Morgan fingerprint density at radius 2 is 2.12 bits per heavy atom. The lowest BCUT2D eigenvalue weighted by atomic mass is 10.1. The van der Waals surface area contributed by atoms with E-state index in [2.05, 4.69) is 0 Å². The molecule has 0 saturated carbocycles. The van der Waals surface area contributed by atoms with Crippen molar-refractivity contribution in [1.29, 1.82) is 0 Å². The van der Waals surface area contributed by atoms with E-state index < -0.39 is 6.10 Å². The van der Waals surface area contributed by atoms with Crippen LogP contribution in [0.1, 0.15) is 30.9 Å². The van der Waals surface area contributed by atoms with Crippen LogP contribution in [0.3, 0.4) is 0 Å². The Hall–Kier alpha value is -1.19. The fourth-order valence-corrected chi connectivity index (χ4v) is 1.81. The van der Waals surface area contributed by atoms with Gasteiger partial charge in [0.25, 0.3) is 0 Å². The highest BCUT2D eigenvalue weighted by atomic mass is 16.7. The second-order valence-corrected chi connectivity index (χ2v) is 3.90. The molecule has 3 heteroatoms. The zero-order valence-electron chi connectivity index (χ0n) is 9.17.